The Morgan fingerprint density at radius 1 is 1.04 bits per heavy atom. The molecule has 0 saturated heterocycles. The van der Waals surface area contributed by atoms with Crippen molar-refractivity contribution in [3.8, 4) is 0 Å². The van der Waals surface area contributed by atoms with Gasteiger partial charge in [0.15, 0.2) is 0 Å². The zero-order valence-electron chi connectivity index (χ0n) is 14.3. The SMILES string of the molecule is Cc1cccnc1NC(=O)c1cccc(NS(=O)(=O)c2ccc(Br)cc2)c1. The predicted octanol–water partition coefficient (Wildman–Crippen LogP) is 4.21. The van der Waals surface area contributed by atoms with Crippen molar-refractivity contribution >= 4 is 43.4 Å². The van der Waals surface area contributed by atoms with Gasteiger partial charge in [0.05, 0.1) is 4.90 Å². The second-order valence-corrected chi connectivity index (χ2v) is 8.36. The van der Waals surface area contributed by atoms with Gasteiger partial charge in [-0.1, -0.05) is 28.1 Å². The minimum absolute atomic E-state index is 0.129. The van der Waals surface area contributed by atoms with Gasteiger partial charge in [-0.3, -0.25) is 9.52 Å². The standard InChI is InChI=1S/C19H16BrN3O3S/c1-13-4-3-11-21-18(13)22-19(24)14-5-2-6-16(12-14)23-27(25,26)17-9-7-15(20)8-10-17/h2-12,23H,1H3,(H,21,22,24). The van der Waals surface area contributed by atoms with Gasteiger partial charge >= 0.3 is 0 Å². The number of nitrogens with zero attached hydrogens (tertiary/aromatic N) is 1. The van der Waals surface area contributed by atoms with Crippen LogP contribution in [0.5, 0.6) is 0 Å². The normalized spacial score (nSPS) is 11.0. The van der Waals surface area contributed by atoms with Crippen molar-refractivity contribution in [3.05, 3.63) is 82.5 Å². The van der Waals surface area contributed by atoms with Gasteiger partial charge in [0, 0.05) is 21.9 Å². The highest BCUT2D eigenvalue weighted by molar-refractivity contribution is 9.10. The average Bonchev–Trinajstić information content (AvgIpc) is 2.64. The molecule has 1 aromatic heterocycles. The van der Waals surface area contributed by atoms with Crippen LogP contribution in [0.4, 0.5) is 11.5 Å². The van der Waals surface area contributed by atoms with Crippen LogP contribution in [0, 0.1) is 6.92 Å². The first-order valence-corrected chi connectivity index (χ1v) is 10.2. The lowest BCUT2D eigenvalue weighted by Crippen LogP contribution is -2.16. The van der Waals surface area contributed by atoms with E-state index >= 15 is 0 Å². The summed E-state index contributed by atoms with van der Waals surface area (Å²) in [5.41, 5.74) is 1.44. The lowest BCUT2D eigenvalue weighted by atomic mass is 10.2. The smallest absolute Gasteiger partial charge is 0.261 e. The number of sulfonamides is 1. The maximum atomic E-state index is 12.5. The largest absolute Gasteiger partial charge is 0.306 e. The van der Waals surface area contributed by atoms with Crippen molar-refractivity contribution < 1.29 is 13.2 Å². The number of amides is 1. The molecule has 138 valence electrons. The Morgan fingerprint density at radius 3 is 2.48 bits per heavy atom. The molecule has 2 aromatic carbocycles. The average molecular weight is 446 g/mol. The summed E-state index contributed by atoms with van der Waals surface area (Å²) in [6.07, 6.45) is 1.59. The summed E-state index contributed by atoms with van der Waals surface area (Å²) in [5, 5.41) is 2.72. The molecule has 2 N–H and O–H groups in total. The highest BCUT2D eigenvalue weighted by Gasteiger charge is 2.15. The van der Waals surface area contributed by atoms with Gasteiger partial charge in [0.25, 0.3) is 15.9 Å². The van der Waals surface area contributed by atoms with Crippen LogP contribution in [0.1, 0.15) is 15.9 Å². The lowest BCUT2D eigenvalue weighted by molar-refractivity contribution is 0.102. The maximum absolute atomic E-state index is 12.5. The second-order valence-electron chi connectivity index (χ2n) is 5.76. The monoisotopic (exact) mass is 445 g/mol. The van der Waals surface area contributed by atoms with Crippen molar-refractivity contribution in [1.82, 2.24) is 4.98 Å². The van der Waals surface area contributed by atoms with Crippen LogP contribution in [-0.2, 0) is 10.0 Å². The van der Waals surface area contributed by atoms with Crippen LogP contribution in [0.3, 0.4) is 0 Å². The summed E-state index contributed by atoms with van der Waals surface area (Å²) in [5.74, 6) is 0.0878. The Morgan fingerprint density at radius 2 is 1.78 bits per heavy atom. The lowest BCUT2D eigenvalue weighted by Gasteiger charge is -2.10. The van der Waals surface area contributed by atoms with E-state index in [2.05, 4.69) is 31.0 Å². The van der Waals surface area contributed by atoms with E-state index in [4.69, 9.17) is 0 Å². The highest BCUT2D eigenvalue weighted by atomic mass is 79.9. The van der Waals surface area contributed by atoms with E-state index < -0.39 is 10.0 Å². The summed E-state index contributed by atoms with van der Waals surface area (Å²) in [6, 6.07) is 16.2. The number of carbonyl (C=O) groups is 1. The van der Waals surface area contributed by atoms with Crippen molar-refractivity contribution in [3.63, 3.8) is 0 Å². The Labute approximate surface area is 165 Å². The van der Waals surface area contributed by atoms with E-state index in [0.717, 1.165) is 10.0 Å². The quantitative estimate of drug-likeness (QED) is 0.615. The predicted molar refractivity (Wildman–Crippen MR) is 108 cm³/mol. The summed E-state index contributed by atoms with van der Waals surface area (Å²) >= 11 is 3.27. The summed E-state index contributed by atoms with van der Waals surface area (Å²) in [6.45, 7) is 1.84. The van der Waals surface area contributed by atoms with Crippen molar-refractivity contribution in [1.29, 1.82) is 0 Å². The molecule has 3 aromatic rings. The van der Waals surface area contributed by atoms with Crippen LogP contribution in [0.25, 0.3) is 0 Å². The molecule has 0 saturated carbocycles. The van der Waals surface area contributed by atoms with E-state index in [-0.39, 0.29) is 10.8 Å². The number of halogens is 1. The summed E-state index contributed by atoms with van der Waals surface area (Å²) in [4.78, 5) is 16.7. The van der Waals surface area contributed by atoms with Crippen molar-refractivity contribution in [2.75, 3.05) is 10.0 Å². The Kier molecular flexibility index (Phi) is 5.57. The van der Waals surface area contributed by atoms with Gasteiger partial charge in [-0.05, 0) is 61.0 Å². The molecule has 0 aliphatic carbocycles. The molecule has 0 aliphatic heterocycles. The number of nitrogens with one attached hydrogen (secondary N) is 2. The molecule has 8 heteroatoms. The molecule has 0 unspecified atom stereocenters. The van der Waals surface area contributed by atoms with Crippen LogP contribution < -0.4 is 10.0 Å². The van der Waals surface area contributed by atoms with Gasteiger partial charge in [-0.15, -0.1) is 0 Å². The Balaban J connectivity index is 1.80. The van der Waals surface area contributed by atoms with Gasteiger partial charge in [-0.25, -0.2) is 13.4 Å². The maximum Gasteiger partial charge on any atom is 0.261 e. The van der Waals surface area contributed by atoms with Crippen molar-refractivity contribution in [2.24, 2.45) is 0 Å². The molecule has 6 nitrogen and oxygen atoms in total. The molecule has 0 aliphatic rings. The van der Waals surface area contributed by atoms with E-state index in [1.807, 2.05) is 13.0 Å². The first-order valence-electron chi connectivity index (χ1n) is 7.96. The van der Waals surface area contributed by atoms with Crippen LogP contribution in [0.15, 0.2) is 76.2 Å². The summed E-state index contributed by atoms with van der Waals surface area (Å²) < 4.78 is 28.3. The highest BCUT2D eigenvalue weighted by Crippen LogP contribution is 2.20. The molecule has 0 radical (unpaired) electrons. The third kappa shape index (κ3) is 4.72. The molecular formula is C19H16BrN3O3S. The molecule has 0 spiro atoms. The molecule has 1 heterocycles. The number of benzene rings is 2. The number of aromatic nitrogens is 1. The number of aryl methyl sites for hydroxylation is 1. The molecule has 0 fully saturated rings. The first-order chi connectivity index (χ1) is 12.8. The number of pyridine rings is 1. The van der Waals surface area contributed by atoms with E-state index in [9.17, 15) is 13.2 Å². The van der Waals surface area contributed by atoms with Gasteiger partial charge in [0.1, 0.15) is 5.82 Å². The van der Waals surface area contributed by atoms with Crippen LogP contribution >= 0.6 is 15.9 Å². The van der Waals surface area contributed by atoms with E-state index in [1.54, 1.807) is 42.6 Å². The topological polar surface area (TPSA) is 88.2 Å². The second kappa shape index (κ2) is 7.89. The number of hydrogen-bond donors (Lipinski definition) is 2. The van der Waals surface area contributed by atoms with E-state index in [0.29, 0.717) is 17.1 Å². The first kappa shape index (κ1) is 19.1. The third-order valence-electron chi connectivity index (χ3n) is 3.74. The summed E-state index contributed by atoms with van der Waals surface area (Å²) in [7, 11) is -3.75. The zero-order valence-corrected chi connectivity index (χ0v) is 16.7. The fourth-order valence-corrected chi connectivity index (χ4v) is 3.66. The minimum atomic E-state index is -3.75. The zero-order chi connectivity index (χ0) is 19.4. The number of rotatable bonds is 5. The van der Waals surface area contributed by atoms with Gasteiger partial charge in [-0.2, -0.15) is 0 Å². The van der Waals surface area contributed by atoms with E-state index in [1.165, 1.54) is 18.2 Å². The van der Waals surface area contributed by atoms with Crippen LogP contribution in [0.2, 0.25) is 0 Å². The number of hydrogen-bond acceptors (Lipinski definition) is 4. The minimum Gasteiger partial charge on any atom is -0.306 e. The third-order valence-corrected chi connectivity index (χ3v) is 5.67. The molecular weight excluding hydrogens is 430 g/mol. The molecule has 0 bridgehead atoms. The van der Waals surface area contributed by atoms with Crippen molar-refractivity contribution in [2.45, 2.75) is 11.8 Å². The number of carbonyl (C=O) groups excluding carboxylic acids is 1. The fourth-order valence-electron chi connectivity index (χ4n) is 2.35. The molecule has 1 amide bonds. The van der Waals surface area contributed by atoms with Crippen LogP contribution in [-0.4, -0.2) is 19.3 Å². The molecule has 3 rings (SSSR count). The number of anilines is 2. The van der Waals surface area contributed by atoms with Gasteiger partial charge in [0.2, 0.25) is 0 Å². The Hall–Kier alpha value is -2.71. The fraction of sp³-hybridized carbons (Fsp3) is 0.0526. The molecule has 27 heavy (non-hydrogen) atoms. The Bertz CT molecular complexity index is 1080. The molecule has 0 atom stereocenters. The van der Waals surface area contributed by atoms with Gasteiger partial charge < -0.3 is 5.32 Å².